The van der Waals surface area contributed by atoms with Crippen LogP contribution in [0.3, 0.4) is 0 Å². The van der Waals surface area contributed by atoms with Crippen LogP contribution in [0.1, 0.15) is 12.8 Å². The van der Waals surface area contributed by atoms with Crippen molar-refractivity contribution in [1.82, 2.24) is 4.98 Å². The summed E-state index contributed by atoms with van der Waals surface area (Å²) in [7, 11) is 0. The van der Waals surface area contributed by atoms with Gasteiger partial charge in [0, 0.05) is 6.42 Å². The maximum Gasteiger partial charge on any atom is 0.389 e. The average Bonchev–Trinajstić information content (AvgIpc) is 2.14. The summed E-state index contributed by atoms with van der Waals surface area (Å²) in [5.41, 5.74) is 0. The highest BCUT2D eigenvalue weighted by Crippen LogP contribution is 2.21. The molecule has 0 spiro atoms. The van der Waals surface area contributed by atoms with Gasteiger partial charge in [-0.2, -0.15) is 13.2 Å². The second-order valence-electron chi connectivity index (χ2n) is 3.01. The fourth-order valence-corrected chi connectivity index (χ4v) is 1.10. The minimum atomic E-state index is -4.33. The molecule has 1 heterocycles. The van der Waals surface area contributed by atoms with E-state index in [2.05, 4.69) is 10.3 Å². The number of pyridine rings is 1. The van der Waals surface area contributed by atoms with Crippen LogP contribution >= 0.6 is 11.6 Å². The first kappa shape index (κ1) is 12.8. The van der Waals surface area contributed by atoms with Crippen LogP contribution in [0.4, 0.5) is 19.0 Å². The normalized spacial score (nSPS) is 11.2. The summed E-state index contributed by atoms with van der Waals surface area (Å²) in [6.07, 6.45) is -6.11. The van der Waals surface area contributed by atoms with Crippen LogP contribution in [0.25, 0.3) is 0 Å². The maximum absolute atomic E-state index is 11.8. The van der Waals surface area contributed by atoms with Crippen molar-refractivity contribution in [3.05, 3.63) is 23.4 Å². The summed E-state index contributed by atoms with van der Waals surface area (Å²) in [5, 5.41) is 2.38. The SMILES string of the molecule is O=C(CCC(F)(F)F)Nc1cccc(Cl)n1. The number of hydrogen-bond donors (Lipinski definition) is 1. The van der Waals surface area contributed by atoms with E-state index in [1.807, 2.05) is 0 Å². The second kappa shape index (κ2) is 5.16. The molecule has 0 aliphatic rings. The fraction of sp³-hybridized carbons (Fsp3) is 0.333. The lowest BCUT2D eigenvalue weighted by Gasteiger charge is -2.06. The molecule has 0 fully saturated rings. The highest BCUT2D eigenvalue weighted by atomic mass is 35.5. The van der Waals surface area contributed by atoms with Gasteiger partial charge < -0.3 is 5.32 Å². The molecule has 0 aliphatic heterocycles. The second-order valence-corrected chi connectivity index (χ2v) is 3.40. The monoisotopic (exact) mass is 252 g/mol. The minimum absolute atomic E-state index is 0.139. The van der Waals surface area contributed by atoms with Crippen LogP contribution < -0.4 is 5.32 Å². The predicted molar refractivity (Wildman–Crippen MR) is 53.2 cm³/mol. The quantitative estimate of drug-likeness (QED) is 0.840. The Morgan fingerprint density at radius 2 is 2.12 bits per heavy atom. The van der Waals surface area contributed by atoms with Crippen LogP contribution in [0.15, 0.2) is 18.2 Å². The number of carbonyl (C=O) groups is 1. The number of nitrogens with one attached hydrogen (secondary N) is 1. The highest BCUT2D eigenvalue weighted by Gasteiger charge is 2.27. The van der Waals surface area contributed by atoms with Crippen molar-refractivity contribution in [3.63, 3.8) is 0 Å². The molecule has 0 radical (unpaired) electrons. The highest BCUT2D eigenvalue weighted by molar-refractivity contribution is 6.29. The molecule has 1 aromatic rings. The number of alkyl halides is 3. The molecule has 1 N–H and O–H groups in total. The summed E-state index contributed by atoms with van der Waals surface area (Å²) in [5.74, 6) is -0.605. The molecule has 0 aromatic carbocycles. The van der Waals surface area contributed by atoms with Crippen LogP contribution in [0.5, 0.6) is 0 Å². The van der Waals surface area contributed by atoms with E-state index in [0.717, 1.165) is 0 Å². The Labute approximate surface area is 94.6 Å². The minimum Gasteiger partial charge on any atom is -0.311 e. The van der Waals surface area contributed by atoms with Crippen molar-refractivity contribution in [2.24, 2.45) is 0 Å². The standard InChI is InChI=1S/C9H8ClF3N2O/c10-6-2-1-3-7(14-6)15-8(16)4-5-9(11,12)13/h1-3H,4-5H2,(H,14,15,16). The topological polar surface area (TPSA) is 42.0 Å². The first-order valence-corrected chi connectivity index (χ1v) is 4.74. The molecule has 0 bridgehead atoms. The molecule has 0 saturated heterocycles. The number of aromatic nitrogens is 1. The van der Waals surface area contributed by atoms with Gasteiger partial charge in [-0.05, 0) is 12.1 Å². The zero-order valence-corrected chi connectivity index (χ0v) is 8.77. The van der Waals surface area contributed by atoms with Gasteiger partial charge in [-0.15, -0.1) is 0 Å². The van der Waals surface area contributed by atoms with Gasteiger partial charge in [-0.3, -0.25) is 4.79 Å². The van der Waals surface area contributed by atoms with Crippen LogP contribution in [-0.2, 0) is 4.79 Å². The van der Waals surface area contributed by atoms with Gasteiger partial charge in [-0.25, -0.2) is 4.98 Å². The molecule has 0 aliphatic carbocycles. The van der Waals surface area contributed by atoms with Crippen molar-refractivity contribution in [2.75, 3.05) is 5.32 Å². The first-order valence-electron chi connectivity index (χ1n) is 4.36. The van der Waals surface area contributed by atoms with Gasteiger partial charge in [0.2, 0.25) is 5.91 Å². The lowest BCUT2D eigenvalue weighted by atomic mass is 10.3. The average molecular weight is 253 g/mol. The van der Waals surface area contributed by atoms with E-state index < -0.39 is 24.9 Å². The van der Waals surface area contributed by atoms with Gasteiger partial charge in [0.25, 0.3) is 0 Å². The number of hydrogen-bond acceptors (Lipinski definition) is 2. The van der Waals surface area contributed by atoms with Crippen molar-refractivity contribution in [2.45, 2.75) is 19.0 Å². The first-order chi connectivity index (χ1) is 7.37. The Morgan fingerprint density at radius 3 is 2.69 bits per heavy atom. The van der Waals surface area contributed by atoms with E-state index >= 15 is 0 Å². The van der Waals surface area contributed by atoms with Crippen molar-refractivity contribution in [3.8, 4) is 0 Å². The van der Waals surface area contributed by atoms with Crippen molar-refractivity contribution >= 4 is 23.3 Å². The summed E-state index contributed by atoms with van der Waals surface area (Å²) < 4.78 is 35.4. The van der Waals surface area contributed by atoms with E-state index in [-0.39, 0.29) is 11.0 Å². The maximum atomic E-state index is 11.8. The summed E-state index contributed by atoms with van der Waals surface area (Å²) in [6.45, 7) is 0. The molecular weight excluding hydrogens is 245 g/mol. The molecule has 1 rings (SSSR count). The van der Waals surface area contributed by atoms with Crippen LogP contribution in [0, 0.1) is 0 Å². The third-order valence-electron chi connectivity index (χ3n) is 1.62. The molecule has 1 amide bonds. The van der Waals surface area contributed by atoms with E-state index in [1.165, 1.54) is 18.2 Å². The molecule has 16 heavy (non-hydrogen) atoms. The van der Waals surface area contributed by atoms with Gasteiger partial charge in [0.15, 0.2) is 0 Å². The summed E-state index contributed by atoms with van der Waals surface area (Å²) in [6, 6.07) is 4.47. The van der Waals surface area contributed by atoms with E-state index in [9.17, 15) is 18.0 Å². The Balaban J connectivity index is 2.46. The lowest BCUT2D eigenvalue weighted by molar-refractivity contribution is -0.142. The zero-order chi connectivity index (χ0) is 12.2. The third kappa shape index (κ3) is 4.97. The Bertz CT molecular complexity index is 381. The van der Waals surface area contributed by atoms with Crippen LogP contribution in [-0.4, -0.2) is 17.1 Å². The molecule has 0 saturated carbocycles. The van der Waals surface area contributed by atoms with E-state index in [0.29, 0.717) is 0 Å². The molecule has 0 unspecified atom stereocenters. The van der Waals surface area contributed by atoms with E-state index in [4.69, 9.17) is 11.6 Å². The zero-order valence-electron chi connectivity index (χ0n) is 8.01. The van der Waals surface area contributed by atoms with Gasteiger partial charge >= 0.3 is 6.18 Å². The van der Waals surface area contributed by atoms with E-state index in [1.54, 1.807) is 0 Å². The van der Waals surface area contributed by atoms with Crippen molar-refractivity contribution < 1.29 is 18.0 Å². The molecule has 1 aromatic heterocycles. The van der Waals surface area contributed by atoms with Crippen molar-refractivity contribution in [1.29, 1.82) is 0 Å². The number of nitrogens with zero attached hydrogens (tertiary/aromatic N) is 1. The number of anilines is 1. The fourth-order valence-electron chi connectivity index (χ4n) is 0.938. The number of halogens is 4. The molecular formula is C9H8ClF3N2O. The van der Waals surface area contributed by atoms with Gasteiger partial charge in [0.1, 0.15) is 11.0 Å². The Morgan fingerprint density at radius 1 is 1.44 bits per heavy atom. The third-order valence-corrected chi connectivity index (χ3v) is 1.83. The molecule has 88 valence electrons. The lowest BCUT2D eigenvalue weighted by Crippen LogP contribution is -2.17. The molecule has 7 heteroatoms. The van der Waals surface area contributed by atoms with Crippen LogP contribution in [0.2, 0.25) is 5.15 Å². The van der Waals surface area contributed by atoms with Gasteiger partial charge in [0.05, 0.1) is 6.42 Å². The smallest absolute Gasteiger partial charge is 0.311 e. The largest absolute Gasteiger partial charge is 0.389 e. The predicted octanol–water partition coefficient (Wildman–Crippen LogP) is 3.02. The number of rotatable bonds is 3. The summed E-state index contributed by atoms with van der Waals surface area (Å²) in [4.78, 5) is 14.8. The van der Waals surface area contributed by atoms with Gasteiger partial charge in [-0.1, -0.05) is 17.7 Å². The number of carbonyl (C=O) groups excluding carboxylic acids is 1. The summed E-state index contributed by atoms with van der Waals surface area (Å²) >= 11 is 5.54. The Hall–Kier alpha value is -1.30. The molecule has 3 nitrogen and oxygen atoms in total. The Kier molecular flexibility index (Phi) is 4.12. The number of amides is 1. The molecule has 0 atom stereocenters.